The van der Waals surface area contributed by atoms with Crippen molar-refractivity contribution in [3.8, 4) is 0 Å². The summed E-state index contributed by atoms with van der Waals surface area (Å²) in [6, 6.07) is 4.25. The number of amides is 2. The second-order valence-electron chi connectivity index (χ2n) is 9.50. The second-order valence-corrected chi connectivity index (χ2v) is 9.50. The van der Waals surface area contributed by atoms with Gasteiger partial charge in [-0.15, -0.1) is 0 Å². The van der Waals surface area contributed by atoms with E-state index in [0.717, 1.165) is 32.5 Å². The molecule has 0 spiro atoms. The van der Waals surface area contributed by atoms with Crippen LogP contribution < -0.4 is 10.9 Å². The van der Waals surface area contributed by atoms with Crippen molar-refractivity contribution < 1.29 is 14.7 Å². The molecule has 3 aliphatic heterocycles. The van der Waals surface area contributed by atoms with Crippen molar-refractivity contribution in [1.29, 1.82) is 0 Å². The molecular weight excluding hydrogens is 396 g/mol. The van der Waals surface area contributed by atoms with Gasteiger partial charge in [0, 0.05) is 49.8 Å². The standard InChI is InChI=1S/C23H32N4O4/c28-14-16-18-13-26-17(5-4-6-19(26)29)21(27(18)23(31)15-7-8-15)20(16)22(30)24-9-12-25-10-2-1-3-11-25/h4-6,15-16,18,20-21,28H,1-3,7-14H2,(H,24,30)/t16-,18-,20+,21+/m0/s1. The summed E-state index contributed by atoms with van der Waals surface area (Å²) in [5.41, 5.74) is 0.596. The molecule has 8 nitrogen and oxygen atoms in total. The van der Waals surface area contributed by atoms with Crippen LogP contribution in [0, 0.1) is 17.8 Å². The van der Waals surface area contributed by atoms with Crippen molar-refractivity contribution in [3.05, 3.63) is 34.2 Å². The van der Waals surface area contributed by atoms with Crippen molar-refractivity contribution in [1.82, 2.24) is 19.7 Å². The molecule has 1 aliphatic carbocycles. The maximum absolute atomic E-state index is 13.4. The van der Waals surface area contributed by atoms with E-state index in [1.165, 1.54) is 25.3 Å². The lowest BCUT2D eigenvalue weighted by Crippen LogP contribution is -2.49. The van der Waals surface area contributed by atoms with Crippen LogP contribution in [0.15, 0.2) is 23.0 Å². The van der Waals surface area contributed by atoms with E-state index in [2.05, 4.69) is 10.2 Å². The van der Waals surface area contributed by atoms with E-state index in [-0.39, 0.29) is 41.9 Å². The van der Waals surface area contributed by atoms with Crippen molar-refractivity contribution in [2.45, 2.75) is 50.7 Å². The minimum absolute atomic E-state index is 0.0206. The smallest absolute Gasteiger partial charge is 0.250 e. The summed E-state index contributed by atoms with van der Waals surface area (Å²) in [6.07, 6.45) is 5.45. The molecule has 1 aromatic rings. The molecule has 3 fully saturated rings. The fraction of sp³-hybridized carbons (Fsp3) is 0.696. The number of piperidine rings is 1. The van der Waals surface area contributed by atoms with Gasteiger partial charge in [0.2, 0.25) is 11.8 Å². The Bertz CT molecular complexity index is 905. The zero-order valence-corrected chi connectivity index (χ0v) is 17.9. The van der Waals surface area contributed by atoms with Crippen LogP contribution in [0.1, 0.15) is 43.8 Å². The minimum atomic E-state index is -0.547. The SMILES string of the molecule is O=C(NCCN1CCCCC1)[C@@H]1[C@@H](CO)[C@@H]2Cn3c(cccc3=O)[C@H]1N2C(=O)C1CC1. The van der Waals surface area contributed by atoms with Crippen LogP contribution in [-0.2, 0) is 16.1 Å². The number of aromatic nitrogens is 1. The highest BCUT2D eigenvalue weighted by Crippen LogP contribution is 2.50. The molecule has 31 heavy (non-hydrogen) atoms. The number of likely N-dealkylation sites (tertiary alicyclic amines) is 1. The summed E-state index contributed by atoms with van der Waals surface area (Å²) >= 11 is 0. The van der Waals surface area contributed by atoms with Gasteiger partial charge in [-0.05, 0) is 44.8 Å². The van der Waals surface area contributed by atoms with Crippen LogP contribution in [0.2, 0.25) is 0 Å². The Hall–Kier alpha value is -2.19. The summed E-state index contributed by atoms with van der Waals surface area (Å²) < 4.78 is 1.69. The van der Waals surface area contributed by atoms with E-state index in [1.807, 2.05) is 11.0 Å². The van der Waals surface area contributed by atoms with Gasteiger partial charge in [-0.3, -0.25) is 14.4 Å². The Balaban J connectivity index is 1.40. The maximum atomic E-state index is 13.4. The van der Waals surface area contributed by atoms with E-state index in [1.54, 1.807) is 10.6 Å². The molecular formula is C23H32N4O4. The molecule has 2 bridgehead atoms. The molecule has 2 N–H and O–H groups in total. The lowest BCUT2D eigenvalue weighted by atomic mass is 9.86. The Kier molecular flexibility index (Phi) is 5.60. The molecule has 168 valence electrons. The summed E-state index contributed by atoms with van der Waals surface area (Å²) in [4.78, 5) is 43.3. The third kappa shape index (κ3) is 3.69. The molecule has 2 amide bonds. The monoisotopic (exact) mass is 428 g/mol. The number of nitrogens with one attached hydrogen (secondary N) is 1. The average molecular weight is 429 g/mol. The van der Waals surface area contributed by atoms with Gasteiger partial charge < -0.3 is 24.8 Å². The topological polar surface area (TPSA) is 94.9 Å². The molecule has 4 atom stereocenters. The lowest BCUT2D eigenvalue weighted by molar-refractivity contribution is -0.138. The van der Waals surface area contributed by atoms with E-state index in [9.17, 15) is 19.5 Å². The molecule has 0 unspecified atom stereocenters. The zero-order chi connectivity index (χ0) is 21.5. The molecule has 8 heteroatoms. The van der Waals surface area contributed by atoms with E-state index in [0.29, 0.717) is 18.8 Å². The van der Waals surface area contributed by atoms with Gasteiger partial charge in [0.25, 0.3) is 5.56 Å². The second kappa shape index (κ2) is 8.39. The van der Waals surface area contributed by atoms with Crippen molar-refractivity contribution in [3.63, 3.8) is 0 Å². The Morgan fingerprint density at radius 1 is 1.13 bits per heavy atom. The Morgan fingerprint density at radius 3 is 2.61 bits per heavy atom. The van der Waals surface area contributed by atoms with Gasteiger partial charge in [0.15, 0.2) is 0 Å². The largest absolute Gasteiger partial charge is 0.396 e. The molecule has 0 aromatic carbocycles. The number of fused-ring (bicyclic) bond motifs is 4. The number of pyridine rings is 1. The highest BCUT2D eigenvalue weighted by molar-refractivity contribution is 5.86. The normalized spacial score (nSPS) is 30.2. The van der Waals surface area contributed by atoms with Gasteiger partial charge in [-0.2, -0.15) is 0 Å². The number of hydrogen-bond donors (Lipinski definition) is 2. The molecule has 4 heterocycles. The zero-order valence-electron chi connectivity index (χ0n) is 17.9. The van der Waals surface area contributed by atoms with Crippen molar-refractivity contribution in [2.24, 2.45) is 17.8 Å². The molecule has 5 rings (SSSR count). The highest BCUT2D eigenvalue weighted by atomic mass is 16.3. The maximum Gasteiger partial charge on any atom is 0.250 e. The Morgan fingerprint density at radius 2 is 1.90 bits per heavy atom. The lowest BCUT2D eigenvalue weighted by Gasteiger charge is -2.38. The van der Waals surface area contributed by atoms with Crippen LogP contribution >= 0.6 is 0 Å². The van der Waals surface area contributed by atoms with E-state index < -0.39 is 12.0 Å². The van der Waals surface area contributed by atoms with Gasteiger partial charge in [0.05, 0.1) is 18.0 Å². The minimum Gasteiger partial charge on any atom is -0.396 e. The molecule has 2 saturated heterocycles. The molecule has 4 aliphatic rings. The average Bonchev–Trinajstić information content (AvgIpc) is 3.59. The first-order valence-corrected chi connectivity index (χ1v) is 11.7. The first kappa shape index (κ1) is 20.7. The van der Waals surface area contributed by atoms with E-state index in [4.69, 9.17) is 0 Å². The predicted octanol–water partition coefficient (Wildman–Crippen LogP) is 0.351. The highest BCUT2D eigenvalue weighted by Gasteiger charge is 2.58. The van der Waals surface area contributed by atoms with Gasteiger partial charge in [-0.1, -0.05) is 12.5 Å². The first-order chi connectivity index (χ1) is 15.1. The van der Waals surface area contributed by atoms with E-state index >= 15 is 0 Å². The third-order valence-corrected chi connectivity index (χ3v) is 7.58. The van der Waals surface area contributed by atoms with Crippen LogP contribution in [0.3, 0.4) is 0 Å². The van der Waals surface area contributed by atoms with Crippen molar-refractivity contribution in [2.75, 3.05) is 32.8 Å². The quantitative estimate of drug-likeness (QED) is 0.682. The first-order valence-electron chi connectivity index (χ1n) is 11.7. The number of hydrogen-bond acceptors (Lipinski definition) is 5. The summed E-state index contributed by atoms with van der Waals surface area (Å²) in [5.74, 6) is -0.953. The van der Waals surface area contributed by atoms with Gasteiger partial charge in [-0.25, -0.2) is 0 Å². The van der Waals surface area contributed by atoms with Gasteiger partial charge >= 0.3 is 0 Å². The molecule has 1 saturated carbocycles. The number of carbonyl (C=O) groups excluding carboxylic acids is 2. The number of nitrogens with zero attached hydrogens (tertiary/aromatic N) is 3. The fourth-order valence-corrected chi connectivity index (χ4v) is 5.84. The summed E-state index contributed by atoms with van der Waals surface area (Å²) in [5, 5.41) is 13.3. The van der Waals surface area contributed by atoms with Crippen LogP contribution in [0.5, 0.6) is 0 Å². The van der Waals surface area contributed by atoms with Gasteiger partial charge in [0.1, 0.15) is 0 Å². The number of aliphatic hydroxyl groups excluding tert-OH is 1. The van der Waals surface area contributed by atoms with Crippen LogP contribution in [0.25, 0.3) is 0 Å². The van der Waals surface area contributed by atoms with Crippen molar-refractivity contribution >= 4 is 11.8 Å². The third-order valence-electron chi connectivity index (χ3n) is 7.58. The number of rotatable bonds is 6. The van der Waals surface area contributed by atoms with Crippen LogP contribution in [-0.4, -0.2) is 70.1 Å². The molecule has 1 aromatic heterocycles. The number of carbonyl (C=O) groups is 2. The predicted molar refractivity (Wildman–Crippen MR) is 114 cm³/mol. The summed E-state index contributed by atoms with van der Waals surface area (Å²) in [6.45, 7) is 3.68. The fourth-order valence-electron chi connectivity index (χ4n) is 5.84. The summed E-state index contributed by atoms with van der Waals surface area (Å²) in [7, 11) is 0. The molecule has 0 radical (unpaired) electrons. The number of aliphatic hydroxyl groups is 1. The van der Waals surface area contributed by atoms with Crippen LogP contribution in [0.4, 0.5) is 0 Å². The Labute approximate surface area is 182 Å².